The number of carbonyl (C=O) groups excluding carboxylic acids is 4. The lowest BCUT2D eigenvalue weighted by Crippen LogP contribution is -2.34. The molecule has 4 rings (SSSR count). The minimum Gasteiger partial charge on any atom is -0.420 e. The Bertz CT molecular complexity index is 1010. The summed E-state index contributed by atoms with van der Waals surface area (Å²) in [6.07, 6.45) is 1.51. The van der Waals surface area contributed by atoms with Gasteiger partial charge < -0.3 is 4.43 Å². The van der Waals surface area contributed by atoms with Gasteiger partial charge >= 0.3 is 0 Å². The van der Waals surface area contributed by atoms with E-state index in [9.17, 15) is 19.2 Å². The number of fused-ring (bicyclic) bond motifs is 2. The number of rotatable bonds is 7. The summed E-state index contributed by atoms with van der Waals surface area (Å²) in [6, 6.07) is 12.5. The molecule has 0 bridgehead atoms. The molecule has 2 N–H and O–H groups in total. The van der Waals surface area contributed by atoms with E-state index in [1.165, 1.54) is 0 Å². The van der Waals surface area contributed by atoms with Crippen molar-refractivity contribution >= 4 is 31.9 Å². The number of amides is 4. The van der Waals surface area contributed by atoms with Gasteiger partial charge in [0.25, 0.3) is 23.6 Å². The van der Waals surface area contributed by atoms with E-state index in [1.54, 1.807) is 31.4 Å². The summed E-state index contributed by atoms with van der Waals surface area (Å²) in [7, 11) is -0.304. The van der Waals surface area contributed by atoms with Gasteiger partial charge in [0.1, 0.15) is 0 Å². The topological polar surface area (TPSA) is 102 Å². The normalized spacial score (nSPS) is 15.1. The van der Waals surface area contributed by atoms with Crippen LogP contribution in [0.2, 0.25) is 18.6 Å². The quantitative estimate of drug-likeness (QED) is 0.527. The fourth-order valence-corrected chi connectivity index (χ4v) is 6.18. The van der Waals surface area contributed by atoms with Crippen LogP contribution >= 0.6 is 0 Å². The van der Waals surface area contributed by atoms with Gasteiger partial charge in [0, 0.05) is 7.11 Å². The number of benzene rings is 2. The van der Waals surface area contributed by atoms with Gasteiger partial charge in [-0.25, -0.2) is 0 Å². The molecular weight excluding hydrogens is 400 g/mol. The standard InChI is InChI=1S/C22H22N2O5Si/c1-29-30(2,9-7-13-3-5-15-17(11-13)21(27)23-19(15)25)10-8-14-4-6-16-18(12-14)22(28)24-20(16)26/h3-6,11-12H,7-10H2,1-2H3,(H,23,25,27)(H,24,26,28). The van der Waals surface area contributed by atoms with Crippen molar-refractivity contribution < 1.29 is 23.6 Å². The van der Waals surface area contributed by atoms with Crippen molar-refractivity contribution in [3.63, 3.8) is 0 Å². The lowest BCUT2D eigenvalue weighted by molar-refractivity contribution is 0.0863. The first-order chi connectivity index (χ1) is 14.3. The zero-order chi connectivity index (χ0) is 21.5. The maximum atomic E-state index is 11.9. The third-order valence-electron chi connectivity index (χ3n) is 5.98. The summed E-state index contributed by atoms with van der Waals surface area (Å²) in [6.45, 7) is 2.17. The van der Waals surface area contributed by atoms with Crippen LogP contribution in [-0.4, -0.2) is 39.1 Å². The maximum absolute atomic E-state index is 11.9. The van der Waals surface area contributed by atoms with Gasteiger partial charge in [-0.1, -0.05) is 12.1 Å². The second kappa shape index (κ2) is 7.62. The van der Waals surface area contributed by atoms with E-state index >= 15 is 0 Å². The molecule has 30 heavy (non-hydrogen) atoms. The summed E-state index contributed by atoms with van der Waals surface area (Å²) in [5, 5.41) is 4.62. The number of aryl methyl sites for hydroxylation is 2. The molecule has 4 amide bonds. The average Bonchev–Trinajstić information content (AvgIpc) is 3.19. The highest BCUT2D eigenvalue weighted by Gasteiger charge is 2.30. The van der Waals surface area contributed by atoms with E-state index in [-0.39, 0.29) is 23.6 Å². The molecular formula is C22H22N2O5Si. The zero-order valence-electron chi connectivity index (χ0n) is 16.8. The Morgan fingerprint density at radius 1 is 0.700 bits per heavy atom. The Balaban J connectivity index is 1.41. The van der Waals surface area contributed by atoms with Gasteiger partial charge in [-0.2, -0.15) is 0 Å². The first kappa shape index (κ1) is 20.2. The highest BCUT2D eigenvalue weighted by atomic mass is 28.4. The van der Waals surface area contributed by atoms with Crippen molar-refractivity contribution in [3.8, 4) is 0 Å². The SMILES string of the molecule is CO[Si](C)(CCc1ccc2c(c1)C(=O)NC2=O)CCc1ccc2c(c1)C(=O)NC2=O. The predicted molar refractivity (Wildman–Crippen MR) is 112 cm³/mol. The summed E-state index contributed by atoms with van der Waals surface area (Å²) >= 11 is 0. The van der Waals surface area contributed by atoms with Crippen molar-refractivity contribution in [3.05, 3.63) is 69.8 Å². The van der Waals surface area contributed by atoms with E-state index in [0.717, 1.165) is 36.1 Å². The van der Waals surface area contributed by atoms with Gasteiger partial charge in [0.15, 0.2) is 8.32 Å². The first-order valence-electron chi connectivity index (χ1n) is 9.82. The minimum absolute atomic E-state index is 0.345. The van der Waals surface area contributed by atoms with Crippen molar-refractivity contribution in [1.82, 2.24) is 10.6 Å². The van der Waals surface area contributed by atoms with Crippen LogP contribution in [0.25, 0.3) is 0 Å². The molecule has 8 heteroatoms. The van der Waals surface area contributed by atoms with Crippen LogP contribution in [-0.2, 0) is 17.3 Å². The van der Waals surface area contributed by atoms with E-state index in [2.05, 4.69) is 17.2 Å². The summed E-state index contributed by atoms with van der Waals surface area (Å²) in [5.41, 5.74) is 3.72. The number of imide groups is 2. The fourth-order valence-electron chi connectivity index (χ4n) is 3.89. The molecule has 0 radical (unpaired) electrons. The van der Waals surface area contributed by atoms with E-state index in [0.29, 0.717) is 22.3 Å². The first-order valence-corrected chi connectivity index (χ1v) is 12.6. The number of carbonyl (C=O) groups is 4. The highest BCUT2D eigenvalue weighted by molar-refractivity contribution is 6.72. The molecule has 0 fully saturated rings. The van der Waals surface area contributed by atoms with Crippen molar-refractivity contribution in [1.29, 1.82) is 0 Å². The molecule has 2 aromatic rings. The van der Waals surface area contributed by atoms with E-state index < -0.39 is 8.32 Å². The lowest BCUT2D eigenvalue weighted by Gasteiger charge is -2.25. The molecule has 2 aromatic carbocycles. The van der Waals surface area contributed by atoms with Crippen LogP contribution in [0.5, 0.6) is 0 Å². The molecule has 0 aromatic heterocycles. The Kier molecular flexibility index (Phi) is 5.13. The Hall–Kier alpha value is -3.10. The molecule has 0 saturated heterocycles. The fraction of sp³-hybridized carbons (Fsp3) is 0.273. The molecule has 7 nitrogen and oxygen atoms in total. The molecule has 0 atom stereocenters. The number of hydrogen-bond acceptors (Lipinski definition) is 5. The molecule has 0 spiro atoms. The van der Waals surface area contributed by atoms with Gasteiger partial charge in [0.05, 0.1) is 22.3 Å². The van der Waals surface area contributed by atoms with Crippen molar-refractivity contribution in [2.45, 2.75) is 31.5 Å². The highest BCUT2D eigenvalue weighted by Crippen LogP contribution is 2.25. The summed E-state index contributed by atoms with van der Waals surface area (Å²) in [5.74, 6) is -1.38. The average molecular weight is 423 g/mol. The van der Waals surface area contributed by atoms with Gasteiger partial charge in [-0.3, -0.25) is 29.8 Å². The van der Waals surface area contributed by atoms with Crippen molar-refractivity contribution in [2.75, 3.05) is 7.11 Å². The van der Waals surface area contributed by atoms with Crippen LogP contribution in [0.1, 0.15) is 52.6 Å². The molecule has 2 aliphatic rings. The summed E-state index contributed by atoms with van der Waals surface area (Å²) < 4.78 is 5.92. The van der Waals surface area contributed by atoms with Crippen LogP contribution in [0.15, 0.2) is 36.4 Å². The second-order valence-corrected chi connectivity index (χ2v) is 12.3. The Labute approximate surface area is 174 Å². The van der Waals surface area contributed by atoms with E-state index in [4.69, 9.17) is 4.43 Å². The zero-order valence-corrected chi connectivity index (χ0v) is 17.8. The molecule has 0 aliphatic carbocycles. The second-order valence-electron chi connectivity index (χ2n) is 7.98. The number of hydrogen-bond donors (Lipinski definition) is 2. The molecule has 2 aliphatic heterocycles. The van der Waals surface area contributed by atoms with Crippen molar-refractivity contribution in [2.24, 2.45) is 0 Å². The predicted octanol–water partition coefficient (Wildman–Crippen LogP) is 2.46. The van der Waals surface area contributed by atoms with Crippen LogP contribution in [0.4, 0.5) is 0 Å². The largest absolute Gasteiger partial charge is 0.420 e. The Morgan fingerprint density at radius 3 is 1.50 bits per heavy atom. The van der Waals surface area contributed by atoms with Gasteiger partial charge in [0.2, 0.25) is 0 Å². The molecule has 154 valence electrons. The van der Waals surface area contributed by atoms with Gasteiger partial charge in [-0.15, -0.1) is 0 Å². The lowest BCUT2D eigenvalue weighted by atomic mass is 10.0. The monoisotopic (exact) mass is 422 g/mol. The summed E-state index contributed by atoms with van der Waals surface area (Å²) in [4.78, 5) is 47.1. The van der Waals surface area contributed by atoms with Crippen LogP contribution in [0.3, 0.4) is 0 Å². The maximum Gasteiger partial charge on any atom is 0.258 e. The third-order valence-corrected chi connectivity index (χ3v) is 9.58. The Morgan fingerprint density at radius 2 is 1.10 bits per heavy atom. The third kappa shape index (κ3) is 3.71. The molecule has 0 unspecified atom stereocenters. The molecule has 0 saturated carbocycles. The van der Waals surface area contributed by atoms with Crippen LogP contribution < -0.4 is 10.6 Å². The minimum atomic E-state index is -2.04. The number of nitrogens with one attached hydrogen (secondary N) is 2. The van der Waals surface area contributed by atoms with Gasteiger partial charge in [-0.05, 0) is 66.9 Å². The van der Waals surface area contributed by atoms with E-state index in [1.807, 2.05) is 12.1 Å². The van der Waals surface area contributed by atoms with Crippen LogP contribution in [0, 0.1) is 0 Å². The molecule has 2 heterocycles. The smallest absolute Gasteiger partial charge is 0.258 e.